The molecule has 0 amide bonds. The van der Waals surface area contributed by atoms with E-state index in [1.165, 1.54) is 44.6 Å². The molecular formula is C20H16FN5O4S. The van der Waals surface area contributed by atoms with Gasteiger partial charge in [-0.2, -0.15) is 9.61 Å². The molecule has 0 aliphatic rings. The van der Waals surface area contributed by atoms with Gasteiger partial charge in [0.2, 0.25) is 5.88 Å². The van der Waals surface area contributed by atoms with Crippen LogP contribution in [0.5, 0.6) is 5.88 Å². The number of pyridine rings is 1. The first-order valence-electron chi connectivity index (χ1n) is 8.97. The number of halogens is 1. The molecule has 158 valence electrons. The number of nitrogens with zero attached hydrogens (tertiary/aromatic N) is 4. The smallest absolute Gasteiger partial charge is 0.274 e. The Bertz CT molecular complexity index is 1470. The molecule has 4 aromatic rings. The summed E-state index contributed by atoms with van der Waals surface area (Å²) in [7, 11) is -2.71. The number of methoxy groups -OCH3 is 1. The monoisotopic (exact) mass is 441 g/mol. The lowest BCUT2D eigenvalue weighted by Crippen LogP contribution is -2.16. The lowest BCUT2D eigenvalue weighted by atomic mass is 10.2. The van der Waals surface area contributed by atoms with E-state index in [9.17, 15) is 17.6 Å². The van der Waals surface area contributed by atoms with Crippen molar-refractivity contribution in [3.8, 4) is 17.1 Å². The van der Waals surface area contributed by atoms with E-state index in [2.05, 4.69) is 19.8 Å². The van der Waals surface area contributed by atoms with Crippen molar-refractivity contribution in [2.75, 3.05) is 11.8 Å². The fraction of sp³-hybridized carbons (Fsp3) is 0.100. The molecule has 0 saturated carbocycles. The zero-order chi connectivity index (χ0) is 22.2. The van der Waals surface area contributed by atoms with Gasteiger partial charge in [0.25, 0.3) is 15.6 Å². The SMILES string of the molecule is COc1ncc(-c2ccc3nccc(=O)n3n2)cc1NS(=O)(=O)c1ccc(F)cc1C. The van der Waals surface area contributed by atoms with E-state index in [0.717, 1.165) is 16.6 Å². The first-order chi connectivity index (χ1) is 14.8. The molecule has 1 N–H and O–H groups in total. The Morgan fingerprint density at radius 1 is 1.10 bits per heavy atom. The van der Waals surface area contributed by atoms with Gasteiger partial charge in [0.1, 0.15) is 11.5 Å². The van der Waals surface area contributed by atoms with Crippen LogP contribution in [0.3, 0.4) is 0 Å². The van der Waals surface area contributed by atoms with Crippen molar-refractivity contribution >= 4 is 21.4 Å². The van der Waals surface area contributed by atoms with Crippen LogP contribution in [0.1, 0.15) is 5.56 Å². The van der Waals surface area contributed by atoms with Crippen LogP contribution in [0, 0.1) is 12.7 Å². The highest BCUT2D eigenvalue weighted by molar-refractivity contribution is 7.92. The summed E-state index contributed by atoms with van der Waals surface area (Å²) in [5.41, 5.74) is 1.12. The van der Waals surface area contributed by atoms with Gasteiger partial charge in [-0.3, -0.25) is 9.52 Å². The van der Waals surface area contributed by atoms with Gasteiger partial charge in [-0.15, -0.1) is 0 Å². The third-order valence-electron chi connectivity index (χ3n) is 4.46. The molecule has 9 nitrogen and oxygen atoms in total. The highest BCUT2D eigenvalue weighted by atomic mass is 32.2. The summed E-state index contributed by atoms with van der Waals surface area (Å²) in [6.07, 6.45) is 2.83. The standard InChI is InChI=1S/C20H16FN5O4S/c1-12-9-14(21)3-5-17(12)31(28,29)25-16-10-13(11-23-20(16)30-2)15-4-6-18-22-8-7-19(27)26(18)24-15/h3-11,25H,1-2H3. The van der Waals surface area contributed by atoms with Gasteiger partial charge in [0.15, 0.2) is 5.65 Å². The number of anilines is 1. The normalized spacial score (nSPS) is 11.5. The predicted molar refractivity (Wildman–Crippen MR) is 111 cm³/mol. The Morgan fingerprint density at radius 3 is 2.65 bits per heavy atom. The zero-order valence-electron chi connectivity index (χ0n) is 16.4. The Balaban J connectivity index is 1.78. The van der Waals surface area contributed by atoms with Crippen LogP contribution in [0.4, 0.5) is 10.1 Å². The van der Waals surface area contributed by atoms with Crippen molar-refractivity contribution in [1.82, 2.24) is 19.6 Å². The fourth-order valence-electron chi connectivity index (χ4n) is 3.02. The number of hydrogen-bond acceptors (Lipinski definition) is 7. The van der Waals surface area contributed by atoms with Crippen molar-refractivity contribution in [3.63, 3.8) is 0 Å². The quantitative estimate of drug-likeness (QED) is 0.506. The van der Waals surface area contributed by atoms with Gasteiger partial charge < -0.3 is 4.74 Å². The van der Waals surface area contributed by atoms with E-state index in [1.807, 2.05) is 0 Å². The van der Waals surface area contributed by atoms with Crippen LogP contribution >= 0.6 is 0 Å². The highest BCUT2D eigenvalue weighted by Crippen LogP contribution is 2.30. The number of aromatic nitrogens is 4. The fourth-order valence-corrected chi connectivity index (χ4v) is 4.30. The molecule has 0 bridgehead atoms. The average Bonchev–Trinajstić information content (AvgIpc) is 2.73. The minimum atomic E-state index is -4.06. The zero-order valence-corrected chi connectivity index (χ0v) is 17.2. The molecule has 0 saturated heterocycles. The number of ether oxygens (including phenoxy) is 1. The number of rotatable bonds is 5. The predicted octanol–water partition coefficient (Wildman–Crippen LogP) is 2.41. The first-order valence-corrected chi connectivity index (χ1v) is 10.5. The third-order valence-corrected chi connectivity index (χ3v) is 5.98. The van der Waals surface area contributed by atoms with Gasteiger partial charge in [0, 0.05) is 24.0 Å². The van der Waals surface area contributed by atoms with Gasteiger partial charge in [0.05, 0.1) is 17.7 Å². The minimum Gasteiger partial charge on any atom is -0.480 e. The van der Waals surface area contributed by atoms with Gasteiger partial charge >= 0.3 is 0 Å². The lowest BCUT2D eigenvalue weighted by molar-refractivity contribution is 0.400. The highest BCUT2D eigenvalue weighted by Gasteiger charge is 2.20. The second-order valence-corrected chi connectivity index (χ2v) is 8.22. The van der Waals surface area contributed by atoms with E-state index in [0.29, 0.717) is 16.9 Å². The van der Waals surface area contributed by atoms with E-state index < -0.39 is 15.8 Å². The largest absolute Gasteiger partial charge is 0.480 e. The molecule has 0 aliphatic carbocycles. The summed E-state index contributed by atoms with van der Waals surface area (Å²) in [4.78, 5) is 20.2. The molecular weight excluding hydrogens is 425 g/mol. The van der Waals surface area contributed by atoms with Crippen molar-refractivity contribution in [2.45, 2.75) is 11.8 Å². The summed E-state index contributed by atoms with van der Waals surface area (Å²) in [5, 5.41) is 4.26. The molecule has 3 aromatic heterocycles. The summed E-state index contributed by atoms with van der Waals surface area (Å²) in [6.45, 7) is 1.49. The maximum absolute atomic E-state index is 13.4. The van der Waals surface area contributed by atoms with Crippen LogP contribution in [0.2, 0.25) is 0 Å². The van der Waals surface area contributed by atoms with Gasteiger partial charge in [-0.25, -0.2) is 22.8 Å². The Morgan fingerprint density at radius 2 is 1.90 bits per heavy atom. The van der Waals surface area contributed by atoms with Crippen molar-refractivity contribution in [3.05, 3.63) is 76.6 Å². The average molecular weight is 441 g/mol. The topological polar surface area (TPSA) is 116 Å². The third kappa shape index (κ3) is 3.94. The molecule has 0 fully saturated rings. The lowest BCUT2D eigenvalue weighted by Gasteiger charge is -2.14. The minimum absolute atomic E-state index is 0.0340. The molecule has 4 rings (SSSR count). The van der Waals surface area contributed by atoms with E-state index in [4.69, 9.17) is 4.74 Å². The summed E-state index contributed by atoms with van der Waals surface area (Å²) in [5.74, 6) is -0.503. The van der Waals surface area contributed by atoms with Crippen molar-refractivity contribution in [2.24, 2.45) is 0 Å². The van der Waals surface area contributed by atoms with Crippen LogP contribution < -0.4 is 15.0 Å². The van der Waals surface area contributed by atoms with E-state index in [1.54, 1.807) is 12.1 Å². The summed E-state index contributed by atoms with van der Waals surface area (Å²) >= 11 is 0. The summed E-state index contributed by atoms with van der Waals surface area (Å²) in [6, 6.07) is 9.39. The van der Waals surface area contributed by atoms with Crippen LogP contribution in [-0.2, 0) is 10.0 Å². The number of fused-ring (bicyclic) bond motifs is 1. The molecule has 0 radical (unpaired) electrons. The molecule has 0 unspecified atom stereocenters. The summed E-state index contributed by atoms with van der Waals surface area (Å²) < 4.78 is 47.9. The Kier molecular flexibility index (Phi) is 5.11. The van der Waals surface area contributed by atoms with Crippen LogP contribution in [-0.4, -0.2) is 35.1 Å². The van der Waals surface area contributed by atoms with Crippen molar-refractivity contribution in [1.29, 1.82) is 0 Å². The Labute approximate surface area is 176 Å². The second-order valence-electron chi connectivity index (χ2n) is 6.57. The number of benzene rings is 1. The molecule has 11 heteroatoms. The molecule has 0 spiro atoms. The molecule has 31 heavy (non-hydrogen) atoms. The second kappa shape index (κ2) is 7.76. The molecule has 3 heterocycles. The maximum atomic E-state index is 13.4. The number of nitrogens with one attached hydrogen (secondary N) is 1. The number of aryl methyl sites for hydroxylation is 1. The molecule has 0 atom stereocenters. The first kappa shape index (κ1) is 20.4. The van der Waals surface area contributed by atoms with Crippen LogP contribution in [0.25, 0.3) is 16.9 Å². The number of hydrogen-bond donors (Lipinski definition) is 1. The Hall–Kier alpha value is -3.86. The van der Waals surface area contributed by atoms with Gasteiger partial charge in [-0.05, 0) is 48.9 Å². The molecule has 0 aliphatic heterocycles. The van der Waals surface area contributed by atoms with Crippen molar-refractivity contribution < 1.29 is 17.5 Å². The van der Waals surface area contributed by atoms with Gasteiger partial charge in [-0.1, -0.05) is 0 Å². The molecule has 1 aromatic carbocycles. The number of sulfonamides is 1. The van der Waals surface area contributed by atoms with Crippen LogP contribution in [0.15, 0.2) is 64.5 Å². The van der Waals surface area contributed by atoms with E-state index in [-0.39, 0.29) is 27.6 Å². The maximum Gasteiger partial charge on any atom is 0.274 e. The van der Waals surface area contributed by atoms with E-state index >= 15 is 0 Å².